The van der Waals surface area contributed by atoms with Crippen LogP contribution in [0.25, 0.3) is 0 Å². The number of fused-ring (bicyclic) bond motifs is 3. The molecule has 0 N–H and O–H groups in total. The number of rotatable bonds is 2. The maximum atomic E-state index is 5.77. The van der Waals surface area contributed by atoms with Gasteiger partial charge in [-0.05, 0) is 24.5 Å². The Balaban J connectivity index is 1.84. The lowest BCUT2D eigenvalue weighted by molar-refractivity contribution is -0.240. The fraction of sp³-hybridized carbons (Fsp3) is 0.538. The first-order valence-corrected chi connectivity index (χ1v) is 6.01. The summed E-state index contributed by atoms with van der Waals surface area (Å²) in [4.78, 5) is 5.77. The largest absolute Gasteiger partial charge is 0.351 e. The molecule has 1 saturated heterocycles. The van der Waals surface area contributed by atoms with Crippen LogP contribution in [-0.4, -0.2) is 24.5 Å². The van der Waals surface area contributed by atoms with Crippen molar-refractivity contribution in [2.45, 2.75) is 32.1 Å². The Kier molecular flexibility index (Phi) is 2.67. The first kappa shape index (κ1) is 10.3. The highest BCUT2D eigenvalue weighted by Crippen LogP contribution is 2.39. The second-order valence-electron chi connectivity index (χ2n) is 4.33. The summed E-state index contributed by atoms with van der Waals surface area (Å²) < 4.78 is 5.55. The summed E-state index contributed by atoms with van der Waals surface area (Å²) in [6.45, 7) is 3.70. The van der Waals surface area contributed by atoms with E-state index in [2.05, 4.69) is 29.3 Å². The first-order chi connectivity index (χ1) is 7.88. The van der Waals surface area contributed by atoms with Crippen LogP contribution >= 0.6 is 0 Å². The summed E-state index contributed by atoms with van der Waals surface area (Å²) in [5.41, 5.74) is 2.88. The van der Waals surface area contributed by atoms with Crippen molar-refractivity contribution in [2.75, 3.05) is 13.2 Å². The average molecular weight is 219 g/mol. The molecule has 3 heteroatoms. The fourth-order valence-corrected chi connectivity index (χ4v) is 2.66. The van der Waals surface area contributed by atoms with Crippen molar-refractivity contribution in [1.82, 2.24) is 5.06 Å². The third-order valence-electron chi connectivity index (χ3n) is 3.38. The van der Waals surface area contributed by atoms with Gasteiger partial charge >= 0.3 is 0 Å². The Hall–Kier alpha value is -0.900. The summed E-state index contributed by atoms with van der Waals surface area (Å²) in [7, 11) is 0. The van der Waals surface area contributed by atoms with Crippen LogP contribution in [0.15, 0.2) is 24.3 Å². The molecule has 1 aromatic rings. The molecule has 0 saturated carbocycles. The molecule has 0 unspecified atom stereocenters. The minimum absolute atomic E-state index is 0.0545. The molecule has 0 amide bonds. The Labute approximate surface area is 95.9 Å². The van der Waals surface area contributed by atoms with Crippen LogP contribution in [-0.2, 0) is 16.0 Å². The maximum absolute atomic E-state index is 5.77. The molecule has 0 aromatic heterocycles. The van der Waals surface area contributed by atoms with Crippen molar-refractivity contribution in [3.8, 4) is 0 Å². The van der Waals surface area contributed by atoms with E-state index >= 15 is 0 Å². The van der Waals surface area contributed by atoms with E-state index in [1.807, 2.05) is 6.92 Å². The predicted molar refractivity (Wildman–Crippen MR) is 60.7 cm³/mol. The molecule has 2 aliphatic heterocycles. The minimum atomic E-state index is -0.0545. The highest BCUT2D eigenvalue weighted by Gasteiger charge is 2.38. The average Bonchev–Trinajstić information content (AvgIpc) is 2.72. The van der Waals surface area contributed by atoms with Crippen LogP contribution in [0.1, 0.15) is 30.5 Å². The third-order valence-corrected chi connectivity index (χ3v) is 3.38. The van der Waals surface area contributed by atoms with Crippen LogP contribution in [0.4, 0.5) is 0 Å². The normalized spacial score (nSPS) is 28.8. The van der Waals surface area contributed by atoms with E-state index in [1.165, 1.54) is 11.1 Å². The molecule has 2 heterocycles. The zero-order chi connectivity index (χ0) is 11.0. The predicted octanol–water partition coefficient (Wildman–Crippen LogP) is 2.28. The van der Waals surface area contributed by atoms with Crippen LogP contribution in [0, 0.1) is 0 Å². The zero-order valence-electron chi connectivity index (χ0n) is 9.56. The number of hydrogen-bond acceptors (Lipinski definition) is 3. The molecule has 2 atom stereocenters. The molecule has 16 heavy (non-hydrogen) atoms. The number of benzene rings is 1. The second-order valence-corrected chi connectivity index (χ2v) is 4.33. The lowest BCUT2D eigenvalue weighted by atomic mass is 9.93. The minimum Gasteiger partial charge on any atom is -0.351 e. The van der Waals surface area contributed by atoms with Crippen LogP contribution < -0.4 is 0 Å². The van der Waals surface area contributed by atoms with Gasteiger partial charge in [0.15, 0.2) is 6.29 Å². The van der Waals surface area contributed by atoms with Crippen molar-refractivity contribution in [3.05, 3.63) is 35.4 Å². The van der Waals surface area contributed by atoms with Crippen LogP contribution in [0.3, 0.4) is 0 Å². The first-order valence-electron chi connectivity index (χ1n) is 6.01. The highest BCUT2D eigenvalue weighted by atomic mass is 16.8. The fourth-order valence-electron chi connectivity index (χ4n) is 2.66. The van der Waals surface area contributed by atoms with Gasteiger partial charge in [0.25, 0.3) is 0 Å². The molecule has 0 spiro atoms. The molecule has 2 aliphatic rings. The van der Waals surface area contributed by atoms with Crippen LogP contribution in [0.2, 0.25) is 0 Å². The van der Waals surface area contributed by atoms with Gasteiger partial charge in [0, 0.05) is 19.6 Å². The summed E-state index contributed by atoms with van der Waals surface area (Å²) in [6, 6.07) is 9.05. The molecule has 0 aliphatic carbocycles. The van der Waals surface area contributed by atoms with Gasteiger partial charge in [-0.25, -0.2) is 0 Å². The molecular weight excluding hydrogens is 202 g/mol. The summed E-state index contributed by atoms with van der Waals surface area (Å²) >= 11 is 0. The van der Waals surface area contributed by atoms with Gasteiger partial charge < -0.3 is 4.74 Å². The summed E-state index contributed by atoms with van der Waals surface area (Å²) in [5, 5.41) is 2.09. The lowest BCUT2D eigenvalue weighted by Gasteiger charge is -2.29. The molecule has 3 nitrogen and oxygen atoms in total. The zero-order valence-corrected chi connectivity index (χ0v) is 9.56. The Morgan fingerprint density at radius 2 is 2.31 bits per heavy atom. The van der Waals surface area contributed by atoms with Crippen LogP contribution in [0.5, 0.6) is 0 Å². The molecule has 1 fully saturated rings. The Morgan fingerprint density at radius 1 is 1.44 bits per heavy atom. The van der Waals surface area contributed by atoms with Crippen molar-refractivity contribution in [2.24, 2.45) is 0 Å². The Morgan fingerprint density at radius 3 is 3.19 bits per heavy atom. The molecule has 3 rings (SSSR count). The monoisotopic (exact) mass is 219 g/mol. The Bertz CT molecular complexity index is 380. The number of hydrogen-bond donors (Lipinski definition) is 0. The van der Waals surface area contributed by atoms with Gasteiger partial charge in [-0.1, -0.05) is 24.3 Å². The van der Waals surface area contributed by atoms with E-state index in [4.69, 9.17) is 9.57 Å². The van der Waals surface area contributed by atoms with Crippen molar-refractivity contribution >= 4 is 0 Å². The van der Waals surface area contributed by atoms with Gasteiger partial charge in [0.05, 0.1) is 6.04 Å². The van der Waals surface area contributed by atoms with E-state index < -0.39 is 0 Å². The topological polar surface area (TPSA) is 21.7 Å². The third kappa shape index (κ3) is 1.65. The highest BCUT2D eigenvalue weighted by molar-refractivity contribution is 5.32. The summed E-state index contributed by atoms with van der Waals surface area (Å²) in [5.74, 6) is 0. The van der Waals surface area contributed by atoms with Gasteiger partial charge in [-0.3, -0.25) is 4.84 Å². The maximum Gasteiger partial charge on any atom is 0.179 e. The van der Waals surface area contributed by atoms with Crippen molar-refractivity contribution < 1.29 is 9.57 Å². The number of ether oxygens (including phenoxy) is 1. The van der Waals surface area contributed by atoms with E-state index in [0.29, 0.717) is 12.6 Å². The van der Waals surface area contributed by atoms with E-state index in [9.17, 15) is 0 Å². The lowest BCUT2D eigenvalue weighted by Crippen LogP contribution is -2.30. The summed E-state index contributed by atoms with van der Waals surface area (Å²) in [6.07, 6.45) is 1.97. The molecule has 0 radical (unpaired) electrons. The van der Waals surface area contributed by atoms with Crippen molar-refractivity contribution in [1.29, 1.82) is 0 Å². The van der Waals surface area contributed by atoms with E-state index in [1.54, 1.807) is 0 Å². The quantitative estimate of drug-likeness (QED) is 0.761. The smallest absolute Gasteiger partial charge is 0.179 e. The number of nitrogens with zero attached hydrogens (tertiary/aromatic N) is 1. The van der Waals surface area contributed by atoms with E-state index in [0.717, 1.165) is 19.4 Å². The van der Waals surface area contributed by atoms with Gasteiger partial charge in [0.1, 0.15) is 0 Å². The number of hydroxylamine groups is 2. The molecule has 1 aromatic carbocycles. The van der Waals surface area contributed by atoms with Crippen molar-refractivity contribution in [3.63, 3.8) is 0 Å². The SMILES string of the molecule is CCO[C@H]1C[C@@H]2c3ccccc3CCN2O1. The second kappa shape index (κ2) is 4.17. The van der Waals surface area contributed by atoms with Gasteiger partial charge in [0.2, 0.25) is 0 Å². The molecular formula is C13H17NO2. The standard InChI is InChI=1S/C13H17NO2/c1-2-15-13-9-12-11-6-4-3-5-10(11)7-8-14(12)16-13/h3-6,12-13H,2,7-9H2,1H3/t12-,13-/m1/s1. The van der Waals surface area contributed by atoms with Gasteiger partial charge in [-0.2, -0.15) is 5.06 Å². The molecule has 86 valence electrons. The molecule has 0 bridgehead atoms. The van der Waals surface area contributed by atoms with E-state index in [-0.39, 0.29) is 6.29 Å². The van der Waals surface area contributed by atoms with Gasteiger partial charge in [-0.15, -0.1) is 0 Å².